The van der Waals surface area contributed by atoms with Crippen molar-refractivity contribution in [3.05, 3.63) is 95.1 Å². The predicted octanol–water partition coefficient (Wildman–Crippen LogP) is 4.87. The van der Waals surface area contributed by atoms with Crippen LogP contribution in [0.4, 0.5) is 5.69 Å². The molecular formula is C22H15N5OS. The molecule has 0 amide bonds. The topological polar surface area (TPSA) is 68.6 Å². The number of hydrogen-bond acceptors (Lipinski definition) is 6. The van der Waals surface area contributed by atoms with Crippen molar-refractivity contribution in [1.29, 1.82) is 0 Å². The molecule has 0 saturated heterocycles. The van der Waals surface area contributed by atoms with Crippen molar-refractivity contribution in [3.63, 3.8) is 0 Å². The average molecular weight is 397 g/mol. The summed E-state index contributed by atoms with van der Waals surface area (Å²) in [5.74, 6) is 0.730. The Labute approximate surface area is 170 Å². The first kappa shape index (κ1) is 17.3. The molecule has 0 radical (unpaired) electrons. The van der Waals surface area contributed by atoms with Crippen LogP contribution in [-0.2, 0) is 0 Å². The monoisotopic (exact) mass is 397 g/mol. The van der Waals surface area contributed by atoms with Gasteiger partial charge in [-0.15, -0.1) is 11.3 Å². The van der Waals surface area contributed by atoms with Crippen molar-refractivity contribution < 1.29 is 4.42 Å². The lowest BCUT2D eigenvalue weighted by molar-refractivity contribution is 0.622. The van der Waals surface area contributed by atoms with E-state index in [1.165, 1.54) is 11.3 Å². The number of aromatic nitrogens is 3. The molecule has 0 aliphatic heterocycles. The summed E-state index contributed by atoms with van der Waals surface area (Å²) in [6.45, 7) is 0. The summed E-state index contributed by atoms with van der Waals surface area (Å²) in [4.78, 5) is 13.8. The van der Waals surface area contributed by atoms with E-state index in [2.05, 4.69) is 15.1 Å². The first-order valence-electron chi connectivity index (χ1n) is 8.96. The number of pyridine rings is 2. The summed E-state index contributed by atoms with van der Waals surface area (Å²) in [5.41, 5.74) is 3.17. The van der Waals surface area contributed by atoms with Crippen LogP contribution in [0.15, 0.2) is 99.1 Å². The molecule has 5 aromatic rings. The highest BCUT2D eigenvalue weighted by Gasteiger charge is 2.13. The highest BCUT2D eigenvalue weighted by molar-refractivity contribution is 7.07. The minimum Gasteiger partial charge on any atom is -0.454 e. The fourth-order valence-electron chi connectivity index (χ4n) is 2.87. The normalized spacial score (nSPS) is 12.2. The summed E-state index contributed by atoms with van der Waals surface area (Å²) in [5, 5.41) is 7.67. The van der Waals surface area contributed by atoms with Crippen LogP contribution >= 0.6 is 11.3 Å². The Kier molecular flexibility index (Phi) is 4.56. The molecule has 7 heteroatoms. The van der Waals surface area contributed by atoms with E-state index < -0.39 is 0 Å². The quantitative estimate of drug-likeness (QED) is 0.406. The molecule has 0 bridgehead atoms. The number of hydrogen-bond donors (Lipinski definition) is 0. The van der Waals surface area contributed by atoms with Crippen molar-refractivity contribution in [3.8, 4) is 11.5 Å². The molecule has 0 saturated carbocycles. The maximum absolute atomic E-state index is 6.05. The first-order valence-corrected chi connectivity index (χ1v) is 9.84. The van der Waals surface area contributed by atoms with Gasteiger partial charge in [0.05, 0.1) is 23.8 Å². The van der Waals surface area contributed by atoms with E-state index in [-0.39, 0.29) is 0 Å². The van der Waals surface area contributed by atoms with Crippen LogP contribution in [0.25, 0.3) is 22.4 Å². The van der Waals surface area contributed by atoms with Gasteiger partial charge in [0.15, 0.2) is 5.76 Å². The number of benzene rings is 1. The maximum atomic E-state index is 6.05. The van der Waals surface area contributed by atoms with E-state index in [9.17, 15) is 0 Å². The summed E-state index contributed by atoms with van der Waals surface area (Å²) >= 11 is 1.49. The Morgan fingerprint density at radius 1 is 1.00 bits per heavy atom. The fraction of sp³-hybridized carbons (Fsp3) is 0. The van der Waals surface area contributed by atoms with Gasteiger partial charge in [0, 0.05) is 23.2 Å². The molecule has 1 aromatic carbocycles. The molecule has 4 heterocycles. The van der Waals surface area contributed by atoms with Crippen molar-refractivity contribution in [2.75, 3.05) is 0 Å². The molecule has 0 spiro atoms. The van der Waals surface area contributed by atoms with E-state index in [0.717, 1.165) is 33.8 Å². The Hall–Kier alpha value is -3.84. The second-order valence-corrected chi connectivity index (χ2v) is 7.02. The SMILES string of the molecule is C(=Nn1c(-c2cc3ccccc3o2)csc1=Nc1cccnc1)c1ccccn1. The van der Waals surface area contributed by atoms with E-state index in [1.54, 1.807) is 29.5 Å². The van der Waals surface area contributed by atoms with Crippen LogP contribution in [0.2, 0.25) is 0 Å². The van der Waals surface area contributed by atoms with Gasteiger partial charge in [0.1, 0.15) is 11.3 Å². The first-order chi connectivity index (χ1) is 14.4. The molecule has 6 nitrogen and oxygen atoms in total. The average Bonchev–Trinajstić information content (AvgIpc) is 3.37. The highest BCUT2D eigenvalue weighted by Crippen LogP contribution is 2.28. The number of fused-ring (bicyclic) bond motifs is 1. The van der Waals surface area contributed by atoms with Crippen molar-refractivity contribution in [2.45, 2.75) is 0 Å². The minimum atomic E-state index is 0.709. The summed E-state index contributed by atoms with van der Waals surface area (Å²) in [6, 6.07) is 19.4. The Morgan fingerprint density at radius 2 is 1.93 bits per heavy atom. The van der Waals surface area contributed by atoms with Crippen LogP contribution in [0.1, 0.15) is 5.69 Å². The van der Waals surface area contributed by atoms with Gasteiger partial charge >= 0.3 is 0 Å². The molecule has 0 aliphatic carbocycles. The Bertz CT molecular complexity index is 1320. The van der Waals surface area contributed by atoms with Gasteiger partial charge in [-0.3, -0.25) is 9.97 Å². The van der Waals surface area contributed by atoms with Crippen molar-refractivity contribution >= 4 is 34.2 Å². The molecule has 0 N–H and O–H groups in total. The van der Waals surface area contributed by atoms with Crippen LogP contribution < -0.4 is 4.80 Å². The van der Waals surface area contributed by atoms with Gasteiger partial charge < -0.3 is 4.42 Å². The third-order valence-corrected chi connectivity index (χ3v) is 5.04. The highest BCUT2D eigenvalue weighted by atomic mass is 32.1. The number of furan rings is 1. The van der Waals surface area contributed by atoms with Crippen LogP contribution in [-0.4, -0.2) is 20.9 Å². The van der Waals surface area contributed by atoms with E-state index >= 15 is 0 Å². The molecule has 0 fully saturated rings. The third kappa shape index (κ3) is 3.63. The lowest BCUT2D eigenvalue weighted by Gasteiger charge is -2.00. The fourth-order valence-corrected chi connectivity index (χ4v) is 3.70. The van der Waals surface area contributed by atoms with Gasteiger partial charge in [0.2, 0.25) is 4.80 Å². The molecule has 140 valence electrons. The van der Waals surface area contributed by atoms with Gasteiger partial charge in [-0.2, -0.15) is 5.10 Å². The smallest absolute Gasteiger partial charge is 0.211 e. The van der Waals surface area contributed by atoms with Crippen molar-refractivity contribution in [1.82, 2.24) is 14.6 Å². The zero-order valence-electron chi connectivity index (χ0n) is 15.2. The molecule has 0 aliphatic rings. The molecule has 29 heavy (non-hydrogen) atoms. The van der Waals surface area contributed by atoms with E-state index in [0.29, 0.717) is 4.80 Å². The van der Waals surface area contributed by atoms with Crippen LogP contribution in [0.5, 0.6) is 0 Å². The summed E-state index contributed by atoms with van der Waals surface area (Å²) in [7, 11) is 0. The van der Waals surface area contributed by atoms with E-state index in [4.69, 9.17) is 9.41 Å². The molecule has 4 aromatic heterocycles. The summed E-state index contributed by atoms with van der Waals surface area (Å²) < 4.78 is 7.82. The Balaban J connectivity index is 1.66. The molecule has 0 unspecified atom stereocenters. The van der Waals surface area contributed by atoms with Gasteiger partial charge in [-0.25, -0.2) is 9.67 Å². The van der Waals surface area contributed by atoms with E-state index in [1.807, 2.05) is 66.0 Å². The number of thiazole rings is 1. The maximum Gasteiger partial charge on any atom is 0.211 e. The van der Waals surface area contributed by atoms with Crippen LogP contribution in [0, 0.1) is 0 Å². The predicted molar refractivity (Wildman–Crippen MR) is 114 cm³/mol. The molecule has 5 rings (SSSR count). The standard InChI is InChI=1S/C22H15N5OS/c1-2-9-20-16(6-1)12-21(28-20)19-15-29-22(26-18-8-5-10-23-13-18)27(19)25-14-17-7-3-4-11-24-17/h1-15H. The third-order valence-electron chi connectivity index (χ3n) is 4.23. The second kappa shape index (κ2) is 7.65. The van der Waals surface area contributed by atoms with Gasteiger partial charge in [0.25, 0.3) is 0 Å². The largest absolute Gasteiger partial charge is 0.454 e. The number of nitrogens with zero attached hydrogens (tertiary/aromatic N) is 5. The zero-order valence-corrected chi connectivity index (χ0v) is 16.0. The lowest BCUT2D eigenvalue weighted by Crippen LogP contribution is -2.11. The number of para-hydroxylation sites is 1. The lowest BCUT2D eigenvalue weighted by atomic mass is 10.2. The summed E-state index contributed by atoms with van der Waals surface area (Å²) in [6.07, 6.45) is 6.88. The minimum absolute atomic E-state index is 0.709. The van der Waals surface area contributed by atoms with Gasteiger partial charge in [-0.05, 0) is 36.4 Å². The Morgan fingerprint density at radius 3 is 2.76 bits per heavy atom. The second-order valence-electron chi connectivity index (χ2n) is 6.19. The molecule has 0 atom stereocenters. The molecular weight excluding hydrogens is 382 g/mol. The van der Waals surface area contributed by atoms with Crippen molar-refractivity contribution in [2.24, 2.45) is 10.1 Å². The zero-order chi connectivity index (χ0) is 19.5. The van der Waals surface area contributed by atoms with Crippen LogP contribution in [0.3, 0.4) is 0 Å². The number of rotatable bonds is 4. The van der Waals surface area contributed by atoms with Gasteiger partial charge in [-0.1, -0.05) is 24.3 Å².